The number of rotatable bonds is 8. The molecule has 0 radical (unpaired) electrons. The van der Waals surface area contributed by atoms with E-state index in [2.05, 4.69) is 10.6 Å². The van der Waals surface area contributed by atoms with Gasteiger partial charge in [0, 0.05) is 23.9 Å². The maximum Gasteiger partial charge on any atom is 0.325 e. The van der Waals surface area contributed by atoms with Crippen LogP contribution in [-0.2, 0) is 11.3 Å². The molecule has 166 valence electrons. The lowest BCUT2D eigenvalue weighted by Gasteiger charge is -2.20. The maximum atomic E-state index is 12.3. The van der Waals surface area contributed by atoms with Gasteiger partial charge in [0.1, 0.15) is 0 Å². The third kappa shape index (κ3) is 5.28. The smallest absolute Gasteiger partial charge is 0.325 e. The summed E-state index contributed by atoms with van der Waals surface area (Å²) in [6, 6.07) is 7.93. The summed E-state index contributed by atoms with van der Waals surface area (Å²) in [5, 5.41) is 4.90. The number of fused-ring (bicyclic) bond motifs is 1. The largest absolute Gasteiger partial charge is 0.493 e. The number of urea groups is 1. The van der Waals surface area contributed by atoms with E-state index in [1.165, 1.54) is 14.2 Å². The number of benzene rings is 2. The number of carbonyl (C=O) groups excluding carboxylic acids is 2. The zero-order chi connectivity index (χ0) is 22.4. The molecule has 1 aliphatic heterocycles. The number of carbonyl (C=O) groups is 2. The van der Waals surface area contributed by atoms with E-state index in [1.807, 2.05) is 6.07 Å². The van der Waals surface area contributed by atoms with Crippen LogP contribution in [0, 0.1) is 0 Å². The van der Waals surface area contributed by atoms with Crippen molar-refractivity contribution in [2.24, 2.45) is 0 Å². The molecule has 1 heterocycles. The Kier molecular flexibility index (Phi) is 7.03. The lowest BCUT2D eigenvalue weighted by molar-refractivity contribution is -0.120. The van der Waals surface area contributed by atoms with Gasteiger partial charge >= 0.3 is 6.03 Å². The van der Waals surface area contributed by atoms with Gasteiger partial charge < -0.3 is 29.0 Å². The molecule has 0 aromatic heterocycles. The molecule has 0 saturated carbocycles. The third-order valence-electron chi connectivity index (χ3n) is 4.52. The van der Waals surface area contributed by atoms with Crippen LogP contribution in [0.3, 0.4) is 0 Å². The van der Waals surface area contributed by atoms with Crippen LogP contribution in [0.4, 0.5) is 10.5 Å². The first kappa shape index (κ1) is 22.0. The number of hydrogen-bond donors (Lipinski definition) is 2. The summed E-state index contributed by atoms with van der Waals surface area (Å²) >= 11 is 0. The predicted molar refractivity (Wildman–Crippen MR) is 112 cm³/mol. The molecule has 0 unspecified atom stereocenters. The zero-order valence-corrected chi connectivity index (χ0v) is 17.8. The van der Waals surface area contributed by atoms with Crippen molar-refractivity contribution in [3.63, 3.8) is 0 Å². The van der Waals surface area contributed by atoms with E-state index in [9.17, 15) is 9.59 Å². The maximum absolute atomic E-state index is 12.3. The van der Waals surface area contributed by atoms with Gasteiger partial charge in [-0.05, 0) is 25.2 Å². The highest BCUT2D eigenvalue weighted by molar-refractivity contribution is 6.01. The Bertz CT molecular complexity index is 964. The second-order valence-corrected chi connectivity index (χ2v) is 6.74. The van der Waals surface area contributed by atoms with Crippen molar-refractivity contribution in [3.05, 3.63) is 35.9 Å². The van der Waals surface area contributed by atoms with Crippen LogP contribution < -0.4 is 34.3 Å². The normalized spacial score (nSPS) is 11.8. The molecule has 0 atom stereocenters. The molecule has 0 aliphatic carbocycles. The fraction of sp³-hybridized carbons (Fsp3) is 0.333. The van der Waals surface area contributed by atoms with E-state index >= 15 is 0 Å². The van der Waals surface area contributed by atoms with Crippen LogP contribution in [0.25, 0.3) is 0 Å². The summed E-state index contributed by atoms with van der Waals surface area (Å²) in [4.78, 5) is 26.2. The molecule has 2 aromatic rings. The van der Waals surface area contributed by atoms with E-state index in [1.54, 1.807) is 43.3 Å². The fourth-order valence-corrected chi connectivity index (χ4v) is 3.18. The van der Waals surface area contributed by atoms with E-state index < -0.39 is 11.9 Å². The second-order valence-electron chi connectivity index (χ2n) is 6.74. The van der Waals surface area contributed by atoms with Gasteiger partial charge in [0.25, 0.3) is 0 Å². The Morgan fingerprint density at radius 1 is 1.00 bits per heavy atom. The predicted octanol–water partition coefficient (Wildman–Crippen LogP) is 2.22. The van der Waals surface area contributed by atoms with E-state index in [0.717, 1.165) is 5.56 Å². The first-order chi connectivity index (χ1) is 14.9. The van der Waals surface area contributed by atoms with Gasteiger partial charge in [0.2, 0.25) is 18.4 Å². The third-order valence-corrected chi connectivity index (χ3v) is 4.52. The molecule has 3 amide bonds. The molecule has 0 saturated heterocycles. The van der Waals surface area contributed by atoms with E-state index in [0.29, 0.717) is 41.0 Å². The minimum absolute atomic E-state index is 0.00788. The average molecular weight is 431 g/mol. The number of amides is 3. The summed E-state index contributed by atoms with van der Waals surface area (Å²) in [6.07, 6.45) is 0. The molecule has 1 aliphatic rings. The first-order valence-corrected chi connectivity index (χ1v) is 9.42. The summed E-state index contributed by atoms with van der Waals surface area (Å²) in [7, 11) is 6.36. The van der Waals surface area contributed by atoms with Crippen molar-refractivity contribution in [2.45, 2.75) is 6.54 Å². The van der Waals surface area contributed by atoms with Gasteiger partial charge in [0.05, 0.1) is 27.9 Å². The summed E-state index contributed by atoms with van der Waals surface area (Å²) in [6.45, 7) is 0.521. The molecule has 0 fully saturated rings. The highest BCUT2D eigenvalue weighted by Gasteiger charge is 2.19. The molecule has 10 nitrogen and oxygen atoms in total. The number of ether oxygens (including phenoxy) is 5. The molecule has 10 heteroatoms. The second kappa shape index (κ2) is 9.90. The summed E-state index contributed by atoms with van der Waals surface area (Å²) in [5.41, 5.74) is 1.29. The minimum Gasteiger partial charge on any atom is -0.493 e. The minimum atomic E-state index is -0.638. The van der Waals surface area contributed by atoms with Crippen LogP contribution in [0.15, 0.2) is 30.3 Å². The van der Waals surface area contributed by atoms with E-state index in [4.69, 9.17) is 23.7 Å². The van der Waals surface area contributed by atoms with Crippen molar-refractivity contribution >= 4 is 17.6 Å². The van der Waals surface area contributed by atoms with Gasteiger partial charge in [0.15, 0.2) is 23.0 Å². The molecule has 2 N–H and O–H groups in total. The van der Waals surface area contributed by atoms with Crippen molar-refractivity contribution in [2.75, 3.05) is 47.0 Å². The number of anilines is 1. The number of hydrogen-bond acceptors (Lipinski definition) is 8. The van der Waals surface area contributed by atoms with Gasteiger partial charge in [-0.1, -0.05) is 6.07 Å². The fourth-order valence-electron chi connectivity index (χ4n) is 3.18. The quantitative estimate of drug-likeness (QED) is 0.655. The van der Waals surface area contributed by atoms with E-state index in [-0.39, 0.29) is 13.3 Å². The van der Waals surface area contributed by atoms with Crippen LogP contribution in [0.5, 0.6) is 28.7 Å². The Morgan fingerprint density at radius 2 is 1.74 bits per heavy atom. The Balaban J connectivity index is 1.55. The zero-order valence-electron chi connectivity index (χ0n) is 17.8. The Morgan fingerprint density at radius 3 is 2.45 bits per heavy atom. The topological polar surface area (TPSA) is 108 Å². The summed E-state index contributed by atoms with van der Waals surface area (Å²) < 4.78 is 26.6. The van der Waals surface area contributed by atoms with Gasteiger partial charge in [-0.3, -0.25) is 15.0 Å². The highest BCUT2D eigenvalue weighted by Crippen LogP contribution is 2.40. The lowest BCUT2D eigenvalue weighted by atomic mass is 10.1. The lowest BCUT2D eigenvalue weighted by Crippen LogP contribution is -2.40. The van der Waals surface area contributed by atoms with Gasteiger partial charge in [-0.15, -0.1) is 0 Å². The van der Waals surface area contributed by atoms with Gasteiger partial charge in [-0.2, -0.15) is 0 Å². The Labute approximate surface area is 180 Å². The van der Waals surface area contributed by atoms with Crippen molar-refractivity contribution < 1.29 is 33.3 Å². The van der Waals surface area contributed by atoms with Crippen molar-refractivity contribution in [3.8, 4) is 28.7 Å². The molecule has 0 bridgehead atoms. The molecular formula is C21H25N3O7. The summed E-state index contributed by atoms with van der Waals surface area (Å²) in [5.74, 6) is 2.23. The highest BCUT2D eigenvalue weighted by atomic mass is 16.7. The van der Waals surface area contributed by atoms with Crippen molar-refractivity contribution in [1.29, 1.82) is 0 Å². The number of nitrogens with zero attached hydrogens (tertiary/aromatic N) is 1. The SMILES string of the molecule is COc1ccc(CN(C)CC(=O)NC(=O)Nc2ccc3c(c2)OCO3)c(OC)c1OC. The number of nitrogens with one attached hydrogen (secondary N) is 2. The Hall–Kier alpha value is -3.66. The van der Waals surface area contributed by atoms with Gasteiger partial charge in [-0.25, -0.2) is 4.79 Å². The number of methoxy groups -OCH3 is 3. The molecular weight excluding hydrogens is 406 g/mol. The van der Waals surface area contributed by atoms with Crippen molar-refractivity contribution in [1.82, 2.24) is 10.2 Å². The molecule has 31 heavy (non-hydrogen) atoms. The van der Waals surface area contributed by atoms with Crippen LogP contribution in [0.1, 0.15) is 5.56 Å². The van der Waals surface area contributed by atoms with Crippen LogP contribution >= 0.6 is 0 Å². The first-order valence-electron chi connectivity index (χ1n) is 9.42. The van der Waals surface area contributed by atoms with Crippen LogP contribution in [-0.4, -0.2) is 58.6 Å². The van der Waals surface area contributed by atoms with Crippen LogP contribution in [0.2, 0.25) is 0 Å². The number of imide groups is 1. The monoisotopic (exact) mass is 431 g/mol. The average Bonchev–Trinajstić information content (AvgIpc) is 3.20. The molecule has 0 spiro atoms. The number of likely N-dealkylation sites (N-methyl/N-ethyl adjacent to an activating group) is 1. The molecule has 2 aromatic carbocycles. The molecule has 3 rings (SSSR count). The standard InChI is InChI=1S/C21H25N3O7/c1-24(10-13-5-7-16(27-2)20(29-4)19(13)28-3)11-18(25)23-21(26)22-14-6-8-15-17(9-14)31-12-30-15/h5-9H,10-12H2,1-4H3,(H2,22,23,25,26).